The van der Waals surface area contributed by atoms with Gasteiger partial charge < -0.3 is 48.8 Å². The number of nitro benzene ring substituents is 2. The van der Waals surface area contributed by atoms with E-state index in [1.807, 2.05) is 68.5 Å². The van der Waals surface area contributed by atoms with Gasteiger partial charge in [-0.1, -0.05) is 67.0 Å². The number of sulfonamides is 2. The van der Waals surface area contributed by atoms with Gasteiger partial charge >= 0.3 is 37.7 Å². The normalized spacial score (nSPS) is 10.6. The molecule has 5 heterocycles. The molecule has 0 saturated heterocycles. The van der Waals surface area contributed by atoms with E-state index in [0.717, 1.165) is 74.7 Å². The number of aryl methyl sites for hydroxylation is 9. The SMILES string of the molecule is CCl.CNc1c(Cl)cc(-c2c(C)noc2C)cc1[N+](=O)[O-].CNc1c(N)cc(-c2c(C)noc2C)cc1Cl.CS(=O)(=O)N=C=[N-].Cc1noc(C)c1-c1cc(Cl)c(I)c([N+](=O)[O-])c1.Cc1noc(C)c1-c1cc(Cl)c2c(c1)nc(NS(C)(=O)=O)n2C.[Ca+2]. The first kappa shape index (κ1) is 75.2. The maximum Gasteiger partial charge on any atom is 2.00 e. The van der Waals surface area contributed by atoms with Crippen LogP contribution in [0.1, 0.15) is 45.8 Å². The number of hydrogen-bond donors (Lipinski definition) is 4. The van der Waals surface area contributed by atoms with Gasteiger partial charge in [-0.15, -0.1) is 17.6 Å². The topological polar surface area (TPSA) is 373 Å². The molecule has 0 aliphatic carbocycles. The number of nitrogens with two attached hydrogens (primary N) is 1. The van der Waals surface area contributed by atoms with Crippen LogP contribution in [0.15, 0.2) is 71.0 Å². The van der Waals surface area contributed by atoms with Gasteiger partial charge in [-0.3, -0.25) is 25.0 Å². The number of rotatable bonds is 11. The van der Waals surface area contributed by atoms with Crippen molar-refractivity contribution in [2.45, 2.75) is 55.4 Å². The molecule has 0 fully saturated rings. The van der Waals surface area contributed by atoms with Crippen LogP contribution in [0.5, 0.6) is 0 Å². The Morgan fingerprint density at radius 2 is 0.977 bits per heavy atom. The van der Waals surface area contributed by atoms with Gasteiger partial charge in [-0.05, 0) is 137 Å². The average Bonchev–Trinajstić information content (AvgIpc) is 1.79. The molecule has 9 aromatic rings. The Kier molecular flexibility index (Phi) is 28.0. The van der Waals surface area contributed by atoms with Crippen LogP contribution >= 0.6 is 80.6 Å². The maximum absolute atomic E-state index is 11.4. The quantitative estimate of drug-likeness (QED) is 0.0178. The summed E-state index contributed by atoms with van der Waals surface area (Å²) in [4.78, 5) is 25.5. The molecule has 26 nitrogen and oxygen atoms in total. The summed E-state index contributed by atoms with van der Waals surface area (Å²) in [5, 5.41) is 52.6. The van der Waals surface area contributed by atoms with Crippen LogP contribution in [0.2, 0.25) is 20.1 Å². The first-order valence-electron chi connectivity index (χ1n) is 24.3. The van der Waals surface area contributed by atoms with E-state index in [4.69, 9.17) is 75.6 Å². The van der Waals surface area contributed by atoms with E-state index < -0.39 is 29.9 Å². The van der Waals surface area contributed by atoms with E-state index in [1.54, 1.807) is 71.6 Å². The Bertz CT molecular complexity index is 4180. The molecule has 0 unspecified atom stereocenters. The fourth-order valence-corrected chi connectivity index (χ4v) is 10.7. The minimum atomic E-state index is -3.43. The Balaban J connectivity index is 0.000000290. The zero-order chi connectivity index (χ0) is 65.0. The van der Waals surface area contributed by atoms with Crippen molar-refractivity contribution in [1.82, 2.24) is 30.2 Å². The smallest absolute Gasteiger partial charge is 0.422 e. The number of nitro groups is 2. The molecule has 0 atom stereocenters. The second-order valence-electron chi connectivity index (χ2n) is 18.0. The third kappa shape index (κ3) is 19.2. The molecule has 4 aromatic carbocycles. The van der Waals surface area contributed by atoms with Gasteiger partial charge in [-0.25, -0.2) is 21.8 Å². The standard InChI is InChI=1S/C14H15ClN4O3S.C12H12ClN3O3.C12H14ClN3O.C11H8ClIN2O3.C2H3N2O2S.CH3Cl.Ca/c1-7-12(8(2)22-17-7)9-5-10(15)13-11(6-9)16-14(19(13)3)18-23(4,20)21;1-6-11(7(2)19-15-6)8-4-9(13)12(14-3)10(5-8)16(17)18;1-6-11(7(2)17-16-6)8-4-9(13)12(15-3)10(14)5-8;1-5-10(6(2)18-14-5)7-3-8(12)11(13)9(4-7)15(16)17;1-7(5,6)4-2-3;1-2;/h5-6H,1-4H3,(H,16,18);4-5,14H,1-3H3;4-5,15H,14H2,1-3H3;3-4H,1-2H3;1H3;1H3;/q;;;;-1;;+2. The summed E-state index contributed by atoms with van der Waals surface area (Å²) in [7, 11) is -1.77. The Labute approximate surface area is 568 Å². The second-order valence-corrected chi connectivity index (χ2v) is 24.1. The monoisotopic (exact) mass is 1470 g/mol. The third-order valence-electron chi connectivity index (χ3n) is 11.8. The van der Waals surface area contributed by atoms with Gasteiger partial charge in [-0.2, -0.15) is 0 Å². The maximum atomic E-state index is 11.4. The fraction of sp³-hybridized carbons (Fsp3) is 0.269. The second kappa shape index (κ2) is 32.4. The van der Waals surface area contributed by atoms with Crippen molar-refractivity contribution in [2.24, 2.45) is 11.4 Å². The molecule has 87 heavy (non-hydrogen) atoms. The van der Waals surface area contributed by atoms with E-state index in [-0.39, 0.29) is 60.1 Å². The molecular formula is C52H55CaCl5IN14O12S2+. The van der Waals surface area contributed by atoms with E-state index in [2.05, 4.69) is 57.0 Å². The van der Waals surface area contributed by atoms with Gasteiger partial charge in [0.2, 0.25) is 16.0 Å². The summed E-state index contributed by atoms with van der Waals surface area (Å²) in [5.41, 5.74) is 17.9. The van der Waals surface area contributed by atoms with Crippen molar-refractivity contribution in [3.8, 4) is 44.5 Å². The molecule has 9 rings (SSSR count). The average molecular weight is 1480 g/mol. The minimum Gasteiger partial charge on any atom is -0.422 e. The van der Waals surface area contributed by atoms with Crippen LogP contribution in [-0.2, 0) is 27.1 Å². The van der Waals surface area contributed by atoms with E-state index in [0.29, 0.717) is 80.8 Å². The van der Waals surface area contributed by atoms with Crippen LogP contribution in [-0.4, -0.2) is 134 Å². The number of fused-ring (bicyclic) bond motifs is 1. The van der Waals surface area contributed by atoms with Crippen molar-refractivity contribution in [3.05, 3.63) is 144 Å². The molecule has 460 valence electrons. The number of halogens is 6. The largest absolute Gasteiger partial charge is 2.00 e. The first-order chi connectivity index (χ1) is 40.1. The van der Waals surface area contributed by atoms with Gasteiger partial charge in [0.1, 0.15) is 32.3 Å². The molecule has 0 aliphatic rings. The van der Waals surface area contributed by atoms with Gasteiger partial charge in [0.05, 0.1) is 81.4 Å². The molecule has 0 radical (unpaired) electrons. The van der Waals surface area contributed by atoms with Crippen LogP contribution in [0.4, 0.5) is 34.4 Å². The summed E-state index contributed by atoms with van der Waals surface area (Å²) >= 11 is 31.1. The van der Waals surface area contributed by atoms with Crippen LogP contribution in [0.3, 0.4) is 0 Å². The zero-order valence-electron chi connectivity index (χ0n) is 48.9. The summed E-state index contributed by atoms with van der Waals surface area (Å²) in [6, 6.07) is 14.8. The van der Waals surface area contributed by atoms with E-state index in [9.17, 15) is 37.1 Å². The number of aromatic nitrogens is 6. The van der Waals surface area contributed by atoms with E-state index >= 15 is 0 Å². The number of nitrogens with zero attached hydrogens (tertiary/aromatic N) is 10. The van der Waals surface area contributed by atoms with Crippen LogP contribution < -0.4 is 21.1 Å². The van der Waals surface area contributed by atoms with Gasteiger partial charge in [0, 0.05) is 68.2 Å². The third-order valence-corrected chi connectivity index (χ3v) is 15.4. The molecule has 0 aliphatic heterocycles. The van der Waals surface area contributed by atoms with Crippen molar-refractivity contribution in [2.75, 3.05) is 54.1 Å². The predicted octanol–water partition coefficient (Wildman–Crippen LogP) is 14.0. The molecule has 0 saturated carbocycles. The zero-order valence-corrected chi connectivity index (χ0v) is 58.6. The summed E-state index contributed by atoms with van der Waals surface area (Å²) in [5.74, 6) is 2.86. The van der Waals surface area contributed by atoms with Crippen LogP contribution in [0, 0.1) is 79.2 Å². The van der Waals surface area contributed by atoms with Gasteiger partial charge in [0.25, 0.3) is 11.4 Å². The predicted molar refractivity (Wildman–Crippen MR) is 351 cm³/mol. The Morgan fingerprint density at radius 3 is 1.30 bits per heavy atom. The van der Waals surface area contributed by atoms with Crippen molar-refractivity contribution in [1.29, 1.82) is 0 Å². The Hall–Kier alpha value is -6.09. The fourth-order valence-electron chi connectivity index (χ4n) is 8.37. The summed E-state index contributed by atoms with van der Waals surface area (Å²) < 4.78 is 70.0. The number of imidazole rings is 1. The van der Waals surface area contributed by atoms with E-state index in [1.165, 1.54) is 18.5 Å². The van der Waals surface area contributed by atoms with Crippen LogP contribution in [0.25, 0.3) is 61.0 Å². The number of anilines is 4. The summed E-state index contributed by atoms with van der Waals surface area (Å²) in [6.07, 6.45) is 3.40. The number of nitrogens with one attached hydrogen (secondary N) is 3. The molecule has 0 amide bonds. The molecule has 5 N–H and O–H groups in total. The molecule has 0 spiro atoms. The first-order valence-corrected chi connectivity index (χ1v) is 31.3. The number of benzene rings is 4. The van der Waals surface area contributed by atoms with Gasteiger partial charge in [0.15, 0.2) is 10.0 Å². The minimum absolute atomic E-state index is 0. The van der Waals surface area contributed by atoms with Crippen molar-refractivity contribution >= 4 is 190 Å². The van der Waals surface area contributed by atoms with Crippen molar-refractivity contribution < 1.29 is 44.8 Å². The molecule has 5 aromatic heterocycles. The molecule has 35 heteroatoms. The molecular weight excluding hydrogens is 1420 g/mol. The Morgan fingerprint density at radius 1 is 0.621 bits per heavy atom. The number of alkyl halides is 1. The number of hydrogen-bond acceptors (Lipinski definition) is 20. The number of nitrogen functional groups attached to an aromatic ring is 1. The van der Waals surface area contributed by atoms with Crippen molar-refractivity contribution in [3.63, 3.8) is 0 Å². The molecule has 0 bridgehead atoms. The summed E-state index contributed by atoms with van der Waals surface area (Å²) in [6.45, 7) is 14.5.